The topological polar surface area (TPSA) is 64.8 Å². The van der Waals surface area contributed by atoms with Crippen LogP contribution >= 0.6 is 0 Å². The van der Waals surface area contributed by atoms with Crippen molar-refractivity contribution in [1.29, 1.82) is 0 Å². The first kappa shape index (κ1) is 15.3. The first-order valence-electron chi connectivity index (χ1n) is 6.53. The second kappa shape index (κ2) is 5.54. The molecule has 0 saturated carbocycles. The highest BCUT2D eigenvalue weighted by Gasteiger charge is 2.20. The molecule has 118 valence electrons. The van der Waals surface area contributed by atoms with Gasteiger partial charge in [0, 0.05) is 11.8 Å². The molecule has 5 nitrogen and oxygen atoms in total. The van der Waals surface area contributed by atoms with Crippen molar-refractivity contribution in [2.75, 3.05) is 6.26 Å². The fourth-order valence-corrected chi connectivity index (χ4v) is 2.48. The van der Waals surface area contributed by atoms with Crippen molar-refractivity contribution in [1.82, 2.24) is 14.8 Å². The lowest BCUT2D eigenvalue weighted by Crippen LogP contribution is -2.02. The molecule has 0 bridgehead atoms. The number of halogens is 2. The Bertz CT molecular complexity index is 886. The fraction of sp³-hybridized carbons (Fsp3) is 0.0667. The predicted molar refractivity (Wildman–Crippen MR) is 79.8 cm³/mol. The Morgan fingerprint density at radius 2 is 1.43 bits per heavy atom. The molecule has 0 saturated heterocycles. The minimum Gasteiger partial charge on any atom is -0.221 e. The molecule has 3 aromatic rings. The molecular weight excluding hydrogens is 324 g/mol. The van der Waals surface area contributed by atoms with E-state index in [2.05, 4.69) is 10.1 Å². The molecule has 0 aliphatic carbocycles. The second-order valence-corrected chi connectivity index (χ2v) is 6.79. The van der Waals surface area contributed by atoms with Crippen molar-refractivity contribution in [3.8, 4) is 17.1 Å². The van der Waals surface area contributed by atoms with E-state index in [1.54, 1.807) is 0 Å². The van der Waals surface area contributed by atoms with Crippen LogP contribution in [0.3, 0.4) is 0 Å². The van der Waals surface area contributed by atoms with Crippen molar-refractivity contribution in [3.05, 3.63) is 60.2 Å². The van der Waals surface area contributed by atoms with Gasteiger partial charge in [0.25, 0.3) is 5.16 Å². The van der Waals surface area contributed by atoms with Gasteiger partial charge in [0.15, 0.2) is 5.82 Å². The molecule has 2 aromatic carbocycles. The van der Waals surface area contributed by atoms with Crippen LogP contribution in [0.5, 0.6) is 0 Å². The zero-order valence-corrected chi connectivity index (χ0v) is 12.8. The van der Waals surface area contributed by atoms with E-state index < -0.39 is 21.5 Å². The van der Waals surface area contributed by atoms with Crippen molar-refractivity contribution < 1.29 is 17.2 Å². The van der Waals surface area contributed by atoms with Crippen molar-refractivity contribution in [2.24, 2.45) is 0 Å². The van der Waals surface area contributed by atoms with Gasteiger partial charge in [-0.2, -0.15) is 4.98 Å². The molecule has 0 aliphatic rings. The van der Waals surface area contributed by atoms with Gasteiger partial charge < -0.3 is 0 Å². The summed E-state index contributed by atoms with van der Waals surface area (Å²) in [5.41, 5.74) is 0.922. The smallest absolute Gasteiger partial charge is 0.221 e. The van der Waals surface area contributed by atoms with Gasteiger partial charge in [0.05, 0.1) is 5.69 Å². The first-order chi connectivity index (χ1) is 10.8. The monoisotopic (exact) mass is 335 g/mol. The molecule has 23 heavy (non-hydrogen) atoms. The molecule has 3 rings (SSSR count). The second-order valence-electron chi connectivity index (χ2n) is 4.89. The molecule has 1 aromatic heterocycles. The standard InChI is InChI=1S/C15H11F2N3O2S/c1-23(21,22)15-18-14(10-2-4-11(16)5-3-10)20(19-15)13-8-6-12(17)7-9-13/h2-9H,1H3. The number of rotatable bonds is 3. The Hall–Kier alpha value is -2.61. The Kier molecular flexibility index (Phi) is 3.69. The number of hydrogen-bond donors (Lipinski definition) is 0. The molecule has 8 heteroatoms. The van der Waals surface area contributed by atoms with Crippen LogP contribution in [0.25, 0.3) is 17.1 Å². The van der Waals surface area contributed by atoms with Crippen LogP contribution in [-0.4, -0.2) is 29.4 Å². The van der Waals surface area contributed by atoms with Crippen LogP contribution in [0.1, 0.15) is 0 Å². The maximum absolute atomic E-state index is 13.1. The maximum Gasteiger partial charge on any atom is 0.267 e. The first-order valence-corrected chi connectivity index (χ1v) is 8.43. The van der Waals surface area contributed by atoms with Crippen LogP contribution < -0.4 is 0 Å². The van der Waals surface area contributed by atoms with E-state index in [-0.39, 0.29) is 11.0 Å². The summed E-state index contributed by atoms with van der Waals surface area (Å²) in [6.07, 6.45) is 0.992. The molecule has 0 radical (unpaired) electrons. The Morgan fingerprint density at radius 3 is 1.96 bits per heavy atom. The third kappa shape index (κ3) is 3.11. The van der Waals surface area contributed by atoms with Crippen LogP contribution in [0.2, 0.25) is 0 Å². The highest BCUT2D eigenvalue weighted by molar-refractivity contribution is 7.90. The lowest BCUT2D eigenvalue weighted by atomic mass is 10.2. The molecule has 0 atom stereocenters. The number of aromatic nitrogens is 3. The van der Waals surface area contributed by atoms with Gasteiger partial charge in [-0.15, -0.1) is 5.10 Å². The van der Waals surface area contributed by atoms with Gasteiger partial charge in [0.2, 0.25) is 9.84 Å². The number of sulfone groups is 1. The van der Waals surface area contributed by atoms with Gasteiger partial charge in [-0.1, -0.05) is 0 Å². The number of benzene rings is 2. The Morgan fingerprint density at radius 1 is 0.913 bits per heavy atom. The van der Waals surface area contributed by atoms with Gasteiger partial charge in [-0.25, -0.2) is 21.9 Å². The third-order valence-corrected chi connectivity index (χ3v) is 3.93. The lowest BCUT2D eigenvalue weighted by molar-refractivity contribution is 0.592. The lowest BCUT2D eigenvalue weighted by Gasteiger charge is -2.05. The van der Waals surface area contributed by atoms with Crippen molar-refractivity contribution in [2.45, 2.75) is 5.16 Å². The van der Waals surface area contributed by atoms with Gasteiger partial charge in [-0.3, -0.25) is 0 Å². The van der Waals surface area contributed by atoms with E-state index in [9.17, 15) is 17.2 Å². The normalized spacial score (nSPS) is 11.6. The zero-order valence-electron chi connectivity index (χ0n) is 11.9. The molecule has 0 unspecified atom stereocenters. The van der Waals surface area contributed by atoms with E-state index in [4.69, 9.17) is 0 Å². The highest BCUT2D eigenvalue weighted by Crippen LogP contribution is 2.23. The summed E-state index contributed by atoms with van der Waals surface area (Å²) >= 11 is 0. The summed E-state index contributed by atoms with van der Waals surface area (Å²) in [4.78, 5) is 4.03. The molecule has 0 fully saturated rings. The van der Waals surface area contributed by atoms with Crippen LogP contribution in [0, 0.1) is 11.6 Å². The summed E-state index contributed by atoms with van der Waals surface area (Å²) in [5.74, 6) is -0.637. The van der Waals surface area contributed by atoms with Crippen LogP contribution in [0.4, 0.5) is 8.78 Å². The van der Waals surface area contributed by atoms with E-state index in [1.807, 2.05) is 0 Å². The average molecular weight is 335 g/mol. The zero-order chi connectivity index (χ0) is 16.6. The third-order valence-electron chi connectivity index (χ3n) is 3.09. The van der Waals surface area contributed by atoms with Crippen LogP contribution in [0.15, 0.2) is 53.7 Å². The Labute approximate surface area is 131 Å². The quantitative estimate of drug-likeness (QED) is 0.738. The molecule has 0 spiro atoms. The van der Waals surface area contributed by atoms with Gasteiger partial charge >= 0.3 is 0 Å². The number of nitrogens with zero attached hydrogens (tertiary/aromatic N) is 3. The molecule has 1 heterocycles. The highest BCUT2D eigenvalue weighted by atomic mass is 32.2. The van der Waals surface area contributed by atoms with E-state index in [1.165, 1.54) is 53.2 Å². The summed E-state index contributed by atoms with van der Waals surface area (Å²) in [5, 5.41) is 3.62. The van der Waals surface area contributed by atoms with Crippen molar-refractivity contribution >= 4 is 9.84 Å². The van der Waals surface area contributed by atoms with E-state index >= 15 is 0 Å². The summed E-state index contributed by atoms with van der Waals surface area (Å²) in [6, 6.07) is 10.7. The SMILES string of the molecule is CS(=O)(=O)c1nc(-c2ccc(F)cc2)n(-c2ccc(F)cc2)n1. The minimum absolute atomic E-state index is 0.219. The fourth-order valence-electron chi connectivity index (χ4n) is 2.00. The minimum atomic E-state index is -3.63. The van der Waals surface area contributed by atoms with Gasteiger partial charge in [0.1, 0.15) is 11.6 Å². The molecule has 0 aliphatic heterocycles. The van der Waals surface area contributed by atoms with Gasteiger partial charge in [-0.05, 0) is 48.5 Å². The van der Waals surface area contributed by atoms with Crippen LogP contribution in [-0.2, 0) is 9.84 Å². The predicted octanol–water partition coefficient (Wildman–Crippen LogP) is 2.62. The molecular formula is C15H11F2N3O2S. The summed E-state index contributed by atoms with van der Waals surface area (Å²) in [7, 11) is -3.63. The van der Waals surface area contributed by atoms with E-state index in [0.29, 0.717) is 11.3 Å². The van der Waals surface area contributed by atoms with E-state index in [0.717, 1.165) is 6.26 Å². The Balaban J connectivity index is 2.22. The largest absolute Gasteiger partial charge is 0.267 e. The molecule has 0 N–H and O–H groups in total. The van der Waals surface area contributed by atoms with Crippen molar-refractivity contribution in [3.63, 3.8) is 0 Å². The maximum atomic E-state index is 13.1. The number of hydrogen-bond acceptors (Lipinski definition) is 4. The summed E-state index contributed by atoms with van der Waals surface area (Å²) < 4.78 is 50.9. The molecule has 0 amide bonds. The average Bonchev–Trinajstić information content (AvgIpc) is 2.94. The summed E-state index contributed by atoms with van der Waals surface area (Å²) in [6.45, 7) is 0.